The normalized spacial score (nSPS) is 19.0. The molecule has 5 heteroatoms. The topological polar surface area (TPSA) is 47.6 Å². The molecule has 1 N–H and O–H groups in total. The summed E-state index contributed by atoms with van der Waals surface area (Å²) in [6, 6.07) is 13.1. The van der Waals surface area contributed by atoms with Crippen LogP contribution in [0.1, 0.15) is 44.4 Å². The van der Waals surface area contributed by atoms with Crippen molar-refractivity contribution in [2.24, 2.45) is 0 Å². The molecule has 0 unspecified atom stereocenters. The first-order chi connectivity index (χ1) is 12.2. The number of ether oxygens (including phenoxy) is 2. The fourth-order valence-electron chi connectivity index (χ4n) is 3.18. The fraction of sp³-hybridized carbons (Fsp3) is 0.381. The second kappa shape index (κ2) is 7.20. The maximum atomic E-state index is 12.7. The third kappa shape index (κ3) is 4.13. The maximum absolute atomic E-state index is 12.7. The van der Waals surface area contributed by atoms with Gasteiger partial charge in [-0.15, -0.1) is 0 Å². The van der Waals surface area contributed by atoms with E-state index in [1.807, 2.05) is 45.0 Å². The molecule has 1 aliphatic heterocycles. The zero-order valence-electron chi connectivity index (χ0n) is 15.5. The molecule has 2 aromatic carbocycles. The molecule has 1 amide bonds. The van der Waals surface area contributed by atoms with E-state index in [1.165, 1.54) is 0 Å². The highest BCUT2D eigenvalue weighted by atomic mass is 35.5. The lowest BCUT2D eigenvalue weighted by atomic mass is 9.89. The van der Waals surface area contributed by atoms with Gasteiger partial charge in [-0.25, -0.2) is 0 Å². The summed E-state index contributed by atoms with van der Waals surface area (Å²) in [5.41, 5.74) is 1.78. The van der Waals surface area contributed by atoms with E-state index in [1.54, 1.807) is 19.1 Å². The van der Waals surface area contributed by atoms with E-state index < -0.39 is 6.10 Å². The molecule has 0 spiro atoms. The van der Waals surface area contributed by atoms with Crippen molar-refractivity contribution in [1.82, 2.24) is 5.32 Å². The van der Waals surface area contributed by atoms with Crippen LogP contribution in [0, 0.1) is 6.92 Å². The Morgan fingerprint density at radius 2 is 2.04 bits per heavy atom. The van der Waals surface area contributed by atoms with Gasteiger partial charge in [0.1, 0.15) is 17.1 Å². The molecule has 3 rings (SSSR count). The van der Waals surface area contributed by atoms with Crippen molar-refractivity contribution in [2.45, 2.75) is 51.9 Å². The van der Waals surface area contributed by atoms with E-state index in [4.69, 9.17) is 21.1 Å². The number of fused-ring (bicyclic) bond motifs is 1. The van der Waals surface area contributed by atoms with Crippen LogP contribution in [-0.2, 0) is 4.79 Å². The van der Waals surface area contributed by atoms with Crippen LogP contribution in [0.4, 0.5) is 0 Å². The fourth-order valence-corrected chi connectivity index (χ4v) is 3.36. The average molecular weight is 374 g/mol. The molecule has 1 heterocycles. The molecule has 0 fully saturated rings. The van der Waals surface area contributed by atoms with Gasteiger partial charge in [0.25, 0.3) is 5.91 Å². The number of rotatable bonds is 4. The number of hydrogen-bond acceptors (Lipinski definition) is 3. The second-order valence-electron chi connectivity index (χ2n) is 7.36. The van der Waals surface area contributed by atoms with E-state index in [-0.39, 0.29) is 17.6 Å². The van der Waals surface area contributed by atoms with Crippen LogP contribution in [-0.4, -0.2) is 17.6 Å². The van der Waals surface area contributed by atoms with E-state index >= 15 is 0 Å². The molecule has 0 aliphatic carbocycles. The number of carbonyl (C=O) groups is 1. The van der Waals surface area contributed by atoms with E-state index in [2.05, 4.69) is 11.4 Å². The van der Waals surface area contributed by atoms with Gasteiger partial charge in [0, 0.05) is 12.0 Å². The summed E-state index contributed by atoms with van der Waals surface area (Å²) >= 11 is 6.11. The lowest BCUT2D eigenvalue weighted by Crippen LogP contribution is -2.44. The van der Waals surface area contributed by atoms with Crippen LogP contribution in [0.2, 0.25) is 5.02 Å². The predicted molar refractivity (Wildman–Crippen MR) is 103 cm³/mol. The van der Waals surface area contributed by atoms with Gasteiger partial charge >= 0.3 is 0 Å². The number of aryl methyl sites for hydroxylation is 1. The average Bonchev–Trinajstić information content (AvgIpc) is 2.57. The summed E-state index contributed by atoms with van der Waals surface area (Å²) in [7, 11) is 0. The summed E-state index contributed by atoms with van der Waals surface area (Å²) < 4.78 is 11.8. The Hall–Kier alpha value is -2.20. The number of para-hydroxylation sites is 1. The molecule has 2 atom stereocenters. The number of halogens is 1. The Balaban J connectivity index is 1.76. The van der Waals surface area contributed by atoms with Crippen molar-refractivity contribution in [3.63, 3.8) is 0 Å². The Kier molecular flexibility index (Phi) is 5.15. The minimum absolute atomic E-state index is 0.126. The number of hydrogen-bond donors (Lipinski definition) is 1. The predicted octanol–water partition coefficient (Wildman–Crippen LogP) is 4.83. The van der Waals surface area contributed by atoms with Crippen molar-refractivity contribution in [3.05, 3.63) is 58.6 Å². The number of amides is 1. The second-order valence-corrected chi connectivity index (χ2v) is 7.77. The zero-order valence-corrected chi connectivity index (χ0v) is 16.3. The van der Waals surface area contributed by atoms with Gasteiger partial charge in [-0.2, -0.15) is 0 Å². The largest absolute Gasteiger partial charge is 0.487 e. The van der Waals surface area contributed by atoms with Crippen molar-refractivity contribution in [3.8, 4) is 11.5 Å². The van der Waals surface area contributed by atoms with Crippen molar-refractivity contribution in [2.75, 3.05) is 0 Å². The van der Waals surface area contributed by atoms with Crippen LogP contribution < -0.4 is 14.8 Å². The molecule has 0 saturated carbocycles. The minimum atomic E-state index is -0.658. The van der Waals surface area contributed by atoms with Gasteiger partial charge in [-0.05, 0) is 45.9 Å². The number of carbonyl (C=O) groups excluding carboxylic acids is 1. The lowest BCUT2D eigenvalue weighted by Gasteiger charge is -2.38. The highest BCUT2D eigenvalue weighted by molar-refractivity contribution is 6.32. The van der Waals surface area contributed by atoms with E-state index in [0.29, 0.717) is 17.2 Å². The first-order valence-corrected chi connectivity index (χ1v) is 9.14. The lowest BCUT2D eigenvalue weighted by molar-refractivity contribution is -0.128. The standard InChI is InChI=1S/C21H24ClNO3/c1-13-9-10-18-15(11-13)17(12-21(3,4)26-18)23-20(24)14(2)25-19-8-6-5-7-16(19)22/h5-11,14,17H,12H2,1-4H3,(H,23,24)/t14-,17-/m0/s1. The number of nitrogens with one attached hydrogen (secondary N) is 1. The highest BCUT2D eigenvalue weighted by Gasteiger charge is 2.35. The van der Waals surface area contributed by atoms with Gasteiger partial charge < -0.3 is 14.8 Å². The van der Waals surface area contributed by atoms with Crippen LogP contribution >= 0.6 is 11.6 Å². The summed E-state index contributed by atoms with van der Waals surface area (Å²) in [5, 5.41) is 3.60. The van der Waals surface area contributed by atoms with Gasteiger partial charge in [0.15, 0.2) is 6.10 Å². The molecule has 138 valence electrons. The monoisotopic (exact) mass is 373 g/mol. The van der Waals surface area contributed by atoms with Crippen molar-refractivity contribution in [1.29, 1.82) is 0 Å². The molecule has 0 saturated heterocycles. The molecule has 2 aromatic rings. The van der Waals surface area contributed by atoms with Crippen LogP contribution in [0.5, 0.6) is 11.5 Å². The quantitative estimate of drug-likeness (QED) is 0.834. The summed E-state index contributed by atoms with van der Waals surface area (Å²) in [6.07, 6.45) is 0.0303. The Bertz CT molecular complexity index is 819. The van der Waals surface area contributed by atoms with Gasteiger partial charge in [0.05, 0.1) is 11.1 Å². The van der Waals surface area contributed by atoms with E-state index in [9.17, 15) is 4.79 Å². The van der Waals surface area contributed by atoms with Gasteiger partial charge in [0.2, 0.25) is 0 Å². The summed E-state index contributed by atoms with van der Waals surface area (Å²) in [4.78, 5) is 12.7. The molecule has 0 aromatic heterocycles. The SMILES string of the molecule is Cc1ccc2c(c1)[C@@H](NC(=O)[C@H](C)Oc1ccccc1Cl)CC(C)(C)O2. The molecule has 4 nitrogen and oxygen atoms in total. The third-order valence-electron chi connectivity index (χ3n) is 4.45. The Morgan fingerprint density at radius 1 is 1.31 bits per heavy atom. The number of benzene rings is 2. The summed E-state index contributed by atoms with van der Waals surface area (Å²) in [6.45, 7) is 7.81. The first kappa shape index (κ1) is 18.6. The van der Waals surface area contributed by atoms with Crippen molar-refractivity contribution >= 4 is 17.5 Å². The maximum Gasteiger partial charge on any atom is 0.261 e. The molecule has 0 radical (unpaired) electrons. The van der Waals surface area contributed by atoms with Crippen LogP contribution in [0.15, 0.2) is 42.5 Å². The van der Waals surface area contributed by atoms with Gasteiger partial charge in [-0.3, -0.25) is 4.79 Å². The Labute approximate surface area is 159 Å². The van der Waals surface area contributed by atoms with Crippen LogP contribution in [0.25, 0.3) is 0 Å². The highest BCUT2D eigenvalue weighted by Crippen LogP contribution is 2.40. The third-order valence-corrected chi connectivity index (χ3v) is 4.76. The Morgan fingerprint density at radius 3 is 2.77 bits per heavy atom. The summed E-state index contributed by atoms with van der Waals surface area (Å²) in [5.74, 6) is 1.14. The molecule has 0 bridgehead atoms. The molecular weight excluding hydrogens is 350 g/mol. The first-order valence-electron chi connectivity index (χ1n) is 8.76. The van der Waals surface area contributed by atoms with Gasteiger partial charge in [-0.1, -0.05) is 41.4 Å². The van der Waals surface area contributed by atoms with Crippen molar-refractivity contribution < 1.29 is 14.3 Å². The zero-order chi connectivity index (χ0) is 18.9. The van der Waals surface area contributed by atoms with E-state index in [0.717, 1.165) is 16.9 Å². The molecule has 1 aliphatic rings. The minimum Gasteiger partial charge on any atom is -0.487 e. The van der Waals surface area contributed by atoms with Crippen LogP contribution in [0.3, 0.4) is 0 Å². The molecule has 26 heavy (non-hydrogen) atoms. The molecular formula is C21H24ClNO3. The smallest absolute Gasteiger partial charge is 0.261 e.